The lowest BCUT2D eigenvalue weighted by atomic mass is 10.1. The van der Waals surface area contributed by atoms with Crippen molar-refractivity contribution < 1.29 is 4.74 Å². The quantitative estimate of drug-likeness (QED) is 0.759. The highest BCUT2D eigenvalue weighted by Gasteiger charge is 2.19. The van der Waals surface area contributed by atoms with Gasteiger partial charge in [0.05, 0.1) is 6.54 Å². The van der Waals surface area contributed by atoms with Crippen LogP contribution >= 0.6 is 0 Å². The molecule has 3 heteroatoms. The summed E-state index contributed by atoms with van der Waals surface area (Å²) < 4.78 is 5.58. The number of hydrogen-bond acceptors (Lipinski definition) is 3. The van der Waals surface area contributed by atoms with Crippen LogP contribution in [-0.2, 0) is 4.74 Å². The van der Waals surface area contributed by atoms with Gasteiger partial charge in [-0.05, 0) is 19.1 Å². The molecular weight excluding hydrogens is 176 g/mol. The van der Waals surface area contributed by atoms with Gasteiger partial charge in [0.25, 0.3) is 0 Å². The summed E-state index contributed by atoms with van der Waals surface area (Å²) in [5.74, 6) is 0.726. The molecule has 1 aliphatic heterocycles. The SMILES string of the molecule is Cc1cccc(C2=NCC(CN)O2)c1. The Morgan fingerprint density at radius 3 is 3.07 bits per heavy atom. The second-order valence-electron chi connectivity index (χ2n) is 3.49. The molecule has 0 spiro atoms. The summed E-state index contributed by atoms with van der Waals surface area (Å²) in [6.07, 6.45) is 0.0607. The fourth-order valence-electron chi connectivity index (χ4n) is 1.48. The Hall–Kier alpha value is -1.35. The molecule has 2 N–H and O–H groups in total. The van der Waals surface area contributed by atoms with Gasteiger partial charge in [0.15, 0.2) is 0 Å². The van der Waals surface area contributed by atoms with Gasteiger partial charge in [0.1, 0.15) is 6.10 Å². The highest BCUT2D eigenvalue weighted by Crippen LogP contribution is 2.12. The van der Waals surface area contributed by atoms with Crippen molar-refractivity contribution >= 4 is 5.90 Å². The number of aryl methyl sites for hydroxylation is 1. The van der Waals surface area contributed by atoms with Crippen LogP contribution in [0, 0.1) is 6.92 Å². The first-order chi connectivity index (χ1) is 6.79. The molecule has 0 aromatic heterocycles. The molecule has 0 radical (unpaired) electrons. The van der Waals surface area contributed by atoms with Crippen molar-refractivity contribution in [3.8, 4) is 0 Å². The number of nitrogens with two attached hydrogens (primary N) is 1. The maximum absolute atomic E-state index is 5.58. The molecule has 2 rings (SSSR count). The van der Waals surface area contributed by atoms with Crippen LogP contribution in [0.4, 0.5) is 0 Å². The van der Waals surface area contributed by atoms with Crippen LogP contribution in [0.15, 0.2) is 29.3 Å². The predicted molar refractivity (Wildman–Crippen MR) is 56.5 cm³/mol. The van der Waals surface area contributed by atoms with Crippen molar-refractivity contribution in [1.82, 2.24) is 0 Å². The largest absolute Gasteiger partial charge is 0.471 e. The maximum atomic E-state index is 5.58. The summed E-state index contributed by atoms with van der Waals surface area (Å²) in [6.45, 7) is 3.26. The standard InChI is InChI=1S/C11H14N2O/c1-8-3-2-4-9(5-8)11-13-7-10(6-12)14-11/h2-5,10H,6-7,12H2,1H3. The molecule has 3 nitrogen and oxygen atoms in total. The van der Waals surface area contributed by atoms with Gasteiger partial charge >= 0.3 is 0 Å². The fraction of sp³-hybridized carbons (Fsp3) is 0.364. The molecule has 1 aliphatic rings. The molecule has 0 aliphatic carbocycles. The first-order valence-corrected chi connectivity index (χ1v) is 4.78. The van der Waals surface area contributed by atoms with Crippen molar-refractivity contribution in [2.75, 3.05) is 13.1 Å². The summed E-state index contributed by atoms with van der Waals surface area (Å²) in [5, 5.41) is 0. The van der Waals surface area contributed by atoms with Crippen LogP contribution in [0.5, 0.6) is 0 Å². The molecule has 14 heavy (non-hydrogen) atoms. The zero-order chi connectivity index (χ0) is 9.97. The van der Waals surface area contributed by atoms with Crippen LogP contribution in [0.3, 0.4) is 0 Å². The molecular formula is C11H14N2O. The fourth-order valence-corrected chi connectivity index (χ4v) is 1.48. The molecule has 1 aromatic rings. The number of hydrogen-bond donors (Lipinski definition) is 1. The number of ether oxygens (including phenoxy) is 1. The van der Waals surface area contributed by atoms with Crippen molar-refractivity contribution in [1.29, 1.82) is 0 Å². The van der Waals surface area contributed by atoms with Gasteiger partial charge < -0.3 is 10.5 Å². The third-order valence-corrected chi connectivity index (χ3v) is 2.24. The summed E-state index contributed by atoms with van der Waals surface area (Å²) in [7, 11) is 0. The van der Waals surface area contributed by atoms with E-state index in [4.69, 9.17) is 10.5 Å². The van der Waals surface area contributed by atoms with E-state index >= 15 is 0 Å². The molecule has 0 bridgehead atoms. The molecule has 1 atom stereocenters. The lowest BCUT2D eigenvalue weighted by molar-refractivity contribution is 0.233. The van der Waals surface area contributed by atoms with E-state index in [9.17, 15) is 0 Å². The van der Waals surface area contributed by atoms with Crippen LogP contribution < -0.4 is 5.73 Å². The Morgan fingerprint density at radius 2 is 2.43 bits per heavy atom. The summed E-state index contributed by atoms with van der Waals surface area (Å²) in [4.78, 5) is 4.31. The normalized spacial score (nSPS) is 20.4. The predicted octanol–water partition coefficient (Wildman–Crippen LogP) is 1.10. The lowest BCUT2D eigenvalue weighted by Gasteiger charge is -2.08. The van der Waals surface area contributed by atoms with E-state index in [0.29, 0.717) is 13.1 Å². The molecule has 1 aromatic carbocycles. The molecule has 0 fully saturated rings. The Labute approximate surface area is 83.6 Å². The minimum Gasteiger partial charge on any atom is -0.471 e. The first kappa shape index (κ1) is 9.21. The van der Waals surface area contributed by atoms with Gasteiger partial charge in [0, 0.05) is 12.1 Å². The molecule has 74 valence electrons. The van der Waals surface area contributed by atoms with E-state index in [1.807, 2.05) is 12.1 Å². The second kappa shape index (κ2) is 3.80. The van der Waals surface area contributed by atoms with E-state index in [1.54, 1.807) is 0 Å². The average molecular weight is 190 g/mol. The maximum Gasteiger partial charge on any atom is 0.216 e. The van der Waals surface area contributed by atoms with Crippen LogP contribution in [0.25, 0.3) is 0 Å². The third kappa shape index (κ3) is 1.77. The Morgan fingerprint density at radius 1 is 1.57 bits per heavy atom. The van der Waals surface area contributed by atoms with Crippen molar-refractivity contribution in [2.24, 2.45) is 10.7 Å². The van der Waals surface area contributed by atoms with Crippen molar-refractivity contribution in [2.45, 2.75) is 13.0 Å². The van der Waals surface area contributed by atoms with E-state index in [1.165, 1.54) is 5.56 Å². The summed E-state index contributed by atoms with van der Waals surface area (Å²) in [6, 6.07) is 8.13. The van der Waals surface area contributed by atoms with Gasteiger partial charge in [-0.3, -0.25) is 0 Å². The van der Waals surface area contributed by atoms with Crippen molar-refractivity contribution in [3.63, 3.8) is 0 Å². The van der Waals surface area contributed by atoms with Gasteiger partial charge in [-0.2, -0.15) is 0 Å². The number of rotatable bonds is 2. The van der Waals surface area contributed by atoms with Crippen LogP contribution in [-0.4, -0.2) is 25.1 Å². The van der Waals surface area contributed by atoms with Gasteiger partial charge in [-0.25, -0.2) is 4.99 Å². The summed E-state index contributed by atoms with van der Waals surface area (Å²) in [5.41, 5.74) is 7.76. The highest BCUT2D eigenvalue weighted by atomic mass is 16.5. The Balaban J connectivity index is 2.17. The van der Waals surface area contributed by atoms with Crippen molar-refractivity contribution in [3.05, 3.63) is 35.4 Å². The zero-order valence-corrected chi connectivity index (χ0v) is 8.23. The monoisotopic (exact) mass is 190 g/mol. The Kier molecular flexibility index (Phi) is 2.50. The number of aliphatic imine (C=N–C) groups is 1. The molecule has 1 heterocycles. The minimum absolute atomic E-state index is 0.0607. The topological polar surface area (TPSA) is 47.6 Å². The van der Waals surface area contributed by atoms with E-state index in [0.717, 1.165) is 11.5 Å². The van der Waals surface area contributed by atoms with E-state index in [-0.39, 0.29) is 6.10 Å². The average Bonchev–Trinajstić information content (AvgIpc) is 2.66. The third-order valence-electron chi connectivity index (χ3n) is 2.24. The molecule has 0 saturated heterocycles. The van der Waals surface area contributed by atoms with Crippen LogP contribution in [0.2, 0.25) is 0 Å². The van der Waals surface area contributed by atoms with E-state index in [2.05, 4.69) is 24.0 Å². The Bertz CT molecular complexity index is 360. The molecule has 0 amide bonds. The first-order valence-electron chi connectivity index (χ1n) is 4.78. The lowest BCUT2D eigenvalue weighted by Crippen LogP contribution is -2.23. The van der Waals surface area contributed by atoms with E-state index < -0.39 is 0 Å². The number of benzene rings is 1. The molecule has 0 saturated carbocycles. The van der Waals surface area contributed by atoms with Gasteiger partial charge in [-0.15, -0.1) is 0 Å². The number of nitrogens with zero attached hydrogens (tertiary/aromatic N) is 1. The van der Waals surface area contributed by atoms with Gasteiger partial charge in [0.2, 0.25) is 5.90 Å². The highest BCUT2D eigenvalue weighted by molar-refractivity contribution is 5.95. The summed E-state index contributed by atoms with van der Waals surface area (Å²) >= 11 is 0. The van der Waals surface area contributed by atoms with Gasteiger partial charge in [-0.1, -0.05) is 17.7 Å². The zero-order valence-electron chi connectivity index (χ0n) is 8.23. The molecule has 1 unspecified atom stereocenters. The minimum atomic E-state index is 0.0607. The van der Waals surface area contributed by atoms with Crippen LogP contribution in [0.1, 0.15) is 11.1 Å². The smallest absolute Gasteiger partial charge is 0.216 e. The second-order valence-corrected chi connectivity index (χ2v) is 3.49.